The van der Waals surface area contributed by atoms with Crippen molar-refractivity contribution in [2.45, 2.75) is 13.5 Å². The van der Waals surface area contributed by atoms with Crippen LogP contribution in [0, 0.1) is 6.92 Å². The second-order valence-corrected chi connectivity index (χ2v) is 4.58. The Kier molecular flexibility index (Phi) is 3.68. The molecule has 2 aromatic rings. The van der Waals surface area contributed by atoms with E-state index >= 15 is 0 Å². The molecule has 0 saturated heterocycles. The second-order valence-electron chi connectivity index (χ2n) is 3.72. The lowest BCUT2D eigenvalue weighted by atomic mass is 10.2. The summed E-state index contributed by atoms with van der Waals surface area (Å²) >= 11 is 3.42. The van der Waals surface area contributed by atoms with E-state index in [9.17, 15) is 0 Å². The summed E-state index contributed by atoms with van der Waals surface area (Å²) in [5.41, 5.74) is 3.26. The highest BCUT2D eigenvalue weighted by molar-refractivity contribution is 9.10. The third kappa shape index (κ3) is 2.79. The first-order valence-electron chi connectivity index (χ1n) is 5.27. The first-order valence-corrected chi connectivity index (χ1v) is 6.06. The summed E-state index contributed by atoms with van der Waals surface area (Å²) < 4.78 is 6.19. The van der Waals surface area contributed by atoms with Gasteiger partial charge in [-0.2, -0.15) is 5.10 Å². The van der Waals surface area contributed by atoms with Crippen LogP contribution in [0.5, 0.6) is 5.75 Å². The zero-order chi connectivity index (χ0) is 12.3. The molecule has 0 radical (unpaired) electrons. The van der Waals surface area contributed by atoms with Crippen LogP contribution >= 0.6 is 15.9 Å². The number of rotatable bonds is 4. The van der Waals surface area contributed by atoms with Crippen molar-refractivity contribution < 1.29 is 4.74 Å². The van der Waals surface area contributed by atoms with Crippen molar-refractivity contribution in [3.05, 3.63) is 40.1 Å². The Balaban J connectivity index is 2.07. The molecule has 17 heavy (non-hydrogen) atoms. The number of hydrogen-bond acceptors (Lipinski definition) is 3. The van der Waals surface area contributed by atoms with Crippen LogP contribution in [-0.4, -0.2) is 17.3 Å². The minimum Gasteiger partial charge on any atom is -0.495 e. The predicted molar refractivity (Wildman–Crippen MR) is 71.3 cm³/mol. The van der Waals surface area contributed by atoms with Crippen LogP contribution in [0.4, 0.5) is 5.69 Å². The SMILES string of the molecule is COc1cc(NCc2cn[nH]c2C)ccc1Br. The van der Waals surface area contributed by atoms with Crippen molar-refractivity contribution >= 4 is 21.6 Å². The van der Waals surface area contributed by atoms with E-state index in [4.69, 9.17) is 4.74 Å². The monoisotopic (exact) mass is 295 g/mol. The van der Waals surface area contributed by atoms with E-state index in [-0.39, 0.29) is 0 Å². The van der Waals surface area contributed by atoms with Crippen LogP contribution in [-0.2, 0) is 6.54 Å². The Labute approximate surface area is 109 Å². The van der Waals surface area contributed by atoms with Crippen molar-refractivity contribution in [2.75, 3.05) is 12.4 Å². The fraction of sp³-hybridized carbons (Fsp3) is 0.250. The molecule has 0 atom stereocenters. The molecular formula is C12H14BrN3O. The fourth-order valence-corrected chi connectivity index (χ4v) is 1.93. The average molecular weight is 296 g/mol. The van der Waals surface area contributed by atoms with Crippen LogP contribution in [0.2, 0.25) is 0 Å². The molecule has 0 unspecified atom stereocenters. The number of methoxy groups -OCH3 is 1. The van der Waals surface area contributed by atoms with E-state index in [0.717, 1.165) is 33.7 Å². The molecule has 1 heterocycles. The molecule has 0 spiro atoms. The summed E-state index contributed by atoms with van der Waals surface area (Å²) in [5, 5.41) is 10.2. The largest absolute Gasteiger partial charge is 0.495 e. The maximum absolute atomic E-state index is 5.24. The molecule has 0 aliphatic heterocycles. The number of aryl methyl sites for hydroxylation is 1. The maximum atomic E-state index is 5.24. The number of aromatic amines is 1. The highest BCUT2D eigenvalue weighted by Crippen LogP contribution is 2.28. The zero-order valence-corrected chi connectivity index (χ0v) is 11.3. The van der Waals surface area contributed by atoms with Crippen LogP contribution in [0.25, 0.3) is 0 Å². The van der Waals surface area contributed by atoms with Gasteiger partial charge in [0, 0.05) is 29.6 Å². The van der Waals surface area contributed by atoms with Crippen LogP contribution in [0.1, 0.15) is 11.3 Å². The Morgan fingerprint density at radius 2 is 2.29 bits per heavy atom. The van der Waals surface area contributed by atoms with Gasteiger partial charge in [0.05, 0.1) is 17.8 Å². The van der Waals surface area contributed by atoms with E-state index in [1.54, 1.807) is 7.11 Å². The van der Waals surface area contributed by atoms with Crippen molar-refractivity contribution in [1.82, 2.24) is 10.2 Å². The third-order valence-electron chi connectivity index (χ3n) is 2.57. The van der Waals surface area contributed by atoms with Gasteiger partial charge in [-0.15, -0.1) is 0 Å². The molecule has 2 N–H and O–H groups in total. The summed E-state index contributed by atoms with van der Waals surface area (Å²) in [7, 11) is 1.66. The number of aromatic nitrogens is 2. The van der Waals surface area contributed by atoms with E-state index in [2.05, 4.69) is 31.4 Å². The molecule has 0 bridgehead atoms. The maximum Gasteiger partial charge on any atom is 0.135 e. The highest BCUT2D eigenvalue weighted by atomic mass is 79.9. The minimum atomic E-state index is 0.743. The molecule has 0 aliphatic rings. The number of nitrogens with zero attached hydrogens (tertiary/aromatic N) is 1. The van der Waals surface area contributed by atoms with Crippen molar-refractivity contribution in [3.63, 3.8) is 0 Å². The molecule has 90 valence electrons. The van der Waals surface area contributed by atoms with Crippen LogP contribution < -0.4 is 10.1 Å². The summed E-state index contributed by atoms with van der Waals surface area (Å²) in [5.74, 6) is 0.818. The topological polar surface area (TPSA) is 49.9 Å². The molecule has 0 aliphatic carbocycles. The van der Waals surface area contributed by atoms with Gasteiger partial charge in [-0.05, 0) is 35.0 Å². The Morgan fingerprint density at radius 3 is 2.94 bits per heavy atom. The molecule has 1 aromatic carbocycles. The minimum absolute atomic E-state index is 0.743. The summed E-state index contributed by atoms with van der Waals surface area (Å²) in [6.07, 6.45) is 1.83. The number of benzene rings is 1. The molecule has 2 rings (SSSR count). The van der Waals surface area contributed by atoms with E-state index in [1.165, 1.54) is 0 Å². The number of hydrogen-bond donors (Lipinski definition) is 2. The zero-order valence-electron chi connectivity index (χ0n) is 9.75. The molecule has 1 aromatic heterocycles. The van der Waals surface area contributed by atoms with Gasteiger partial charge in [-0.1, -0.05) is 0 Å². The smallest absolute Gasteiger partial charge is 0.135 e. The van der Waals surface area contributed by atoms with Gasteiger partial charge in [-0.25, -0.2) is 0 Å². The van der Waals surface area contributed by atoms with Crippen molar-refractivity contribution in [3.8, 4) is 5.75 Å². The molecular weight excluding hydrogens is 282 g/mol. The number of halogens is 1. The molecule has 5 heteroatoms. The number of ether oxygens (including phenoxy) is 1. The molecule has 0 fully saturated rings. The Bertz CT molecular complexity index is 510. The lowest BCUT2D eigenvalue weighted by Crippen LogP contribution is -2.00. The first kappa shape index (κ1) is 12.0. The number of H-pyrrole nitrogens is 1. The lowest BCUT2D eigenvalue weighted by molar-refractivity contribution is 0.412. The van der Waals surface area contributed by atoms with Gasteiger partial charge in [-0.3, -0.25) is 5.10 Å². The normalized spacial score (nSPS) is 10.3. The summed E-state index contributed by atoms with van der Waals surface area (Å²) in [6.45, 7) is 2.75. The van der Waals surface area contributed by atoms with Crippen molar-refractivity contribution in [1.29, 1.82) is 0 Å². The quantitative estimate of drug-likeness (QED) is 0.911. The van der Waals surface area contributed by atoms with Gasteiger partial charge in [0.1, 0.15) is 5.75 Å². The van der Waals surface area contributed by atoms with Gasteiger partial charge in [0.15, 0.2) is 0 Å². The predicted octanol–water partition coefficient (Wildman–Crippen LogP) is 3.10. The first-order chi connectivity index (χ1) is 8.20. The lowest BCUT2D eigenvalue weighted by Gasteiger charge is -2.09. The van der Waals surface area contributed by atoms with Crippen molar-refractivity contribution in [2.24, 2.45) is 0 Å². The molecule has 0 amide bonds. The molecule has 4 nitrogen and oxygen atoms in total. The number of nitrogens with one attached hydrogen (secondary N) is 2. The highest BCUT2D eigenvalue weighted by Gasteiger charge is 2.03. The third-order valence-corrected chi connectivity index (χ3v) is 3.22. The second kappa shape index (κ2) is 5.23. The summed E-state index contributed by atoms with van der Waals surface area (Å²) in [6, 6.07) is 5.92. The average Bonchev–Trinajstić information content (AvgIpc) is 2.74. The van der Waals surface area contributed by atoms with E-state index in [0.29, 0.717) is 0 Å². The van der Waals surface area contributed by atoms with Gasteiger partial charge in [0.25, 0.3) is 0 Å². The summed E-state index contributed by atoms with van der Waals surface area (Å²) in [4.78, 5) is 0. The Hall–Kier alpha value is -1.49. The van der Waals surface area contributed by atoms with Crippen LogP contribution in [0.15, 0.2) is 28.9 Å². The van der Waals surface area contributed by atoms with E-state index < -0.39 is 0 Å². The van der Waals surface area contributed by atoms with Crippen LogP contribution in [0.3, 0.4) is 0 Å². The van der Waals surface area contributed by atoms with E-state index in [1.807, 2.05) is 31.3 Å². The number of anilines is 1. The molecule has 0 saturated carbocycles. The van der Waals surface area contributed by atoms with Gasteiger partial charge >= 0.3 is 0 Å². The van der Waals surface area contributed by atoms with Gasteiger partial charge in [0.2, 0.25) is 0 Å². The Morgan fingerprint density at radius 1 is 1.47 bits per heavy atom. The fourth-order valence-electron chi connectivity index (χ4n) is 1.52. The van der Waals surface area contributed by atoms with Gasteiger partial charge < -0.3 is 10.1 Å². The standard InChI is InChI=1S/C12H14BrN3O/c1-8-9(7-15-16-8)6-14-10-3-4-11(13)12(5-10)17-2/h3-5,7,14H,6H2,1-2H3,(H,15,16).